The highest BCUT2D eigenvalue weighted by atomic mass is 16.7. The fourth-order valence-electron chi connectivity index (χ4n) is 10.2. The highest BCUT2D eigenvalue weighted by molar-refractivity contribution is 5.74. The molecule has 1 heterocycles. The summed E-state index contributed by atoms with van der Waals surface area (Å²) in [7, 11) is 0. The number of hydrogen-bond acceptors (Lipinski definition) is 11. The molecular formula is C69H122O12. The van der Waals surface area contributed by atoms with E-state index in [1.165, 1.54) is 154 Å². The van der Waals surface area contributed by atoms with Crippen molar-refractivity contribution in [3.8, 4) is 0 Å². The van der Waals surface area contributed by atoms with Gasteiger partial charge in [0, 0.05) is 19.3 Å². The highest BCUT2D eigenvalue weighted by Gasteiger charge is 2.50. The van der Waals surface area contributed by atoms with Gasteiger partial charge in [0.05, 0.1) is 6.61 Å². The average Bonchev–Trinajstić information content (AvgIpc) is 3.53. The lowest BCUT2D eigenvalue weighted by Crippen LogP contribution is -2.61. The van der Waals surface area contributed by atoms with Crippen molar-refractivity contribution >= 4 is 23.9 Å². The Morgan fingerprint density at radius 3 is 1.14 bits per heavy atom. The second-order valence-corrected chi connectivity index (χ2v) is 23.1. The predicted octanol–water partition coefficient (Wildman–Crippen LogP) is 18.1. The zero-order valence-corrected chi connectivity index (χ0v) is 52.0. The maximum Gasteiger partial charge on any atom is 0.335 e. The van der Waals surface area contributed by atoms with Crippen molar-refractivity contribution in [3.05, 3.63) is 48.6 Å². The molecule has 6 unspecified atom stereocenters. The number of aliphatic hydroxyl groups is 2. The van der Waals surface area contributed by atoms with Crippen LogP contribution in [0.1, 0.15) is 316 Å². The molecule has 3 N–H and O–H groups in total. The fourth-order valence-corrected chi connectivity index (χ4v) is 10.2. The van der Waals surface area contributed by atoms with Crippen molar-refractivity contribution in [2.24, 2.45) is 0 Å². The second-order valence-electron chi connectivity index (χ2n) is 23.1. The van der Waals surface area contributed by atoms with Gasteiger partial charge in [0.25, 0.3) is 0 Å². The lowest BCUT2D eigenvalue weighted by atomic mass is 9.98. The zero-order chi connectivity index (χ0) is 58.9. The summed E-state index contributed by atoms with van der Waals surface area (Å²) in [6, 6.07) is 0. The van der Waals surface area contributed by atoms with Gasteiger partial charge in [-0.2, -0.15) is 0 Å². The van der Waals surface area contributed by atoms with Gasteiger partial charge < -0.3 is 39.0 Å². The number of rotatable bonds is 58. The van der Waals surface area contributed by atoms with Gasteiger partial charge in [0.15, 0.2) is 24.6 Å². The van der Waals surface area contributed by atoms with Crippen LogP contribution in [0.25, 0.3) is 0 Å². The standard InChI is InChI=1S/C69H122O12/c1-4-7-10-13-16-19-22-25-28-30-31-33-36-39-42-45-48-51-54-57-63(72)80-67-65(74)64(73)66(68(75)76)81-69(67)78-59-60(79-62(71)56-53-50-47-44-41-38-34-27-24-21-18-15-12-9-6-3)58-77-61(70)55-52-49-46-43-40-37-35-32-29-26-23-20-17-14-11-8-5-2/h17-18,20-21,26-27,29,34,60,64-67,69,73-74H,4-16,19,22-25,28,30-33,35-59H2,1-3H3,(H,75,76)/b20-17-,21-18-,29-26-,34-27-. The average molecular weight is 1140 g/mol. The number of aliphatic carboxylic acids is 1. The molecule has 12 heteroatoms. The van der Waals surface area contributed by atoms with E-state index in [4.69, 9.17) is 23.7 Å². The number of allylic oxidation sites excluding steroid dienone is 8. The van der Waals surface area contributed by atoms with Crippen molar-refractivity contribution in [3.63, 3.8) is 0 Å². The monoisotopic (exact) mass is 1140 g/mol. The smallest absolute Gasteiger partial charge is 0.335 e. The van der Waals surface area contributed by atoms with Gasteiger partial charge in [-0.05, 0) is 83.5 Å². The minimum atomic E-state index is -1.90. The number of carboxylic acid groups (broad SMARTS) is 1. The molecule has 1 saturated heterocycles. The first-order valence-electron chi connectivity index (χ1n) is 33.6. The fraction of sp³-hybridized carbons (Fsp3) is 0.826. The number of carbonyl (C=O) groups excluding carboxylic acids is 3. The predicted molar refractivity (Wildman–Crippen MR) is 331 cm³/mol. The summed E-state index contributed by atoms with van der Waals surface area (Å²) in [5.41, 5.74) is 0. The Balaban J connectivity index is 2.64. The van der Waals surface area contributed by atoms with E-state index in [2.05, 4.69) is 69.4 Å². The third kappa shape index (κ3) is 46.7. The molecule has 6 atom stereocenters. The summed E-state index contributed by atoms with van der Waals surface area (Å²) in [6.45, 7) is 5.98. The van der Waals surface area contributed by atoms with Crippen LogP contribution in [0.2, 0.25) is 0 Å². The molecule has 1 aliphatic heterocycles. The van der Waals surface area contributed by atoms with Crippen LogP contribution >= 0.6 is 0 Å². The minimum Gasteiger partial charge on any atom is -0.479 e. The van der Waals surface area contributed by atoms with Crippen LogP contribution in [-0.2, 0) is 42.9 Å². The summed E-state index contributed by atoms with van der Waals surface area (Å²) >= 11 is 0. The van der Waals surface area contributed by atoms with Gasteiger partial charge in [-0.25, -0.2) is 4.79 Å². The van der Waals surface area contributed by atoms with Crippen LogP contribution in [-0.4, -0.2) is 89.2 Å². The summed E-state index contributed by atoms with van der Waals surface area (Å²) in [4.78, 5) is 51.4. The molecule has 0 radical (unpaired) electrons. The number of ether oxygens (including phenoxy) is 5. The quantitative estimate of drug-likeness (QED) is 0.0228. The number of hydrogen-bond donors (Lipinski definition) is 3. The Morgan fingerprint density at radius 1 is 0.407 bits per heavy atom. The van der Waals surface area contributed by atoms with Gasteiger partial charge in [-0.1, -0.05) is 262 Å². The molecule has 0 saturated carbocycles. The largest absolute Gasteiger partial charge is 0.479 e. The third-order valence-corrected chi connectivity index (χ3v) is 15.4. The highest BCUT2D eigenvalue weighted by Crippen LogP contribution is 2.27. The molecule has 0 spiro atoms. The molecule has 81 heavy (non-hydrogen) atoms. The van der Waals surface area contributed by atoms with Crippen molar-refractivity contribution < 1.29 is 58.2 Å². The van der Waals surface area contributed by atoms with Gasteiger partial charge in [0.2, 0.25) is 0 Å². The SMILES string of the molecule is CCCCC/C=C\C/C=C\CCCCCCCCCC(=O)OCC(COC1OC(C(=O)O)C(O)C(O)C1OC(=O)CCCCCCCCCCCCCCCCCCCCC)OC(=O)CCCCCCC/C=C\C/C=C\CCCCC. The number of unbranched alkanes of at least 4 members (excludes halogenated alkanes) is 36. The molecule has 0 aliphatic carbocycles. The first kappa shape index (κ1) is 75.7. The lowest BCUT2D eigenvalue weighted by molar-refractivity contribution is -0.301. The van der Waals surface area contributed by atoms with Gasteiger partial charge in [0.1, 0.15) is 18.8 Å². The van der Waals surface area contributed by atoms with Crippen molar-refractivity contribution in [1.29, 1.82) is 0 Å². The molecule has 0 aromatic heterocycles. The third-order valence-electron chi connectivity index (χ3n) is 15.4. The molecule has 0 aromatic rings. The summed E-state index contributed by atoms with van der Waals surface area (Å²) in [5.74, 6) is -3.12. The first-order chi connectivity index (χ1) is 39.6. The maximum absolute atomic E-state index is 13.2. The maximum atomic E-state index is 13.2. The van der Waals surface area contributed by atoms with Crippen LogP contribution in [0.5, 0.6) is 0 Å². The van der Waals surface area contributed by atoms with Gasteiger partial charge in [-0.15, -0.1) is 0 Å². The van der Waals surface area contributed by atoms with E-state index in [-0.39, 0.29) is 25.9 Å². The van der Waals surface area contributed by atoms with Crippen molar-refractivity contribution in [2.75, 3.05) is 13.2 Å². The Bertz CT molecular complexity index is 1590. The molecule has 1 aliphatic rings. The molecule has 470 valence electrons. The Morgan fingerprint density at radius 2 is 0.741 bits per heavy atom. The Labute approximate surface area is 494 Å². The summed E-state index contributed by atoms with van der Waals surface area (Å²) in [5, 5.41) is 31.6. The van der Waals surface area contributed by atoms with E-state index in [0.29, 0.717) is 19.3 Å². The van der Waals surface area contributed by atoms with Crippen LogP contribution in [0.3, 0.4) is 0 Å². The van der Waals surface area contributed by atoms with Crippen LogP contribution in [0.15, 0.2) is 48.6 Å². The van der Waals surface area contributed by atoms with Crippen LogP contribution in [0, 0.1) is 0 Å². The van der Waals surface area contributed by atoms with E-state index in [1.807, 2.05) is 0 Å². The normalized spacial score (nSPS) is 18.0. The molecule has 1 rings (SSSR count). The van der Waals surface area contributed by atoms with E-state index in [1.54, 1.807) is 0 Å². The summed E-state index contributed by atoms with van der Waals surface area (Å²) < 4.78 is 28.6. The van der Waals surface area contributed by atoms with E-state index < -0.39 is 67.3 Å². The molecule has 12 nitrogen and oxygen atoms in total. The van der Waals surface area contributed by atoms with Gasteiger partial charge >= 0.3 is 23.9 Å². The van der Waals surface area contributed by atoms with E-state index in [0.717, 1.165) is 103 Å². The molecule has 0 amide bonds. The zero-order valence-electron chi connectivity index (χ0n) is 52.0. The number of aliphatic hydroxyl groups excluding tert-OH is 2. The van der Waals surface area contributed by atoms with E-state index >= 15 is 0 Å². The van der Waals surface area contributed by atoms with Crippen LogP contribution < -0.4 is 0 Å². The molecule has 0 bridgehead atoms. The molecular weight excluding hydrogens is 1020 g/mol. The Hall–Kier alpha value is -3.32. The second kappa shape index (κ2) is 57.1. The summed E-state index contributed by atoms with van der Waals surface area (Å²) in [6.07, 6.45) is 57.8. The number of carbonyl (C=O) groups is 4. The van der Waals surface area contributed by atoms with Gasteiger partial charge in [-0.3, -0.25) is 14.4 Å². The molecule has 1 fully saturated rings. The van der Waals surface area contributed by atoms with Crippen LogP contribution in [0.4, 0.5) is 0 Å². The minimum absolute atomic E-state index is 0.0627. The first-order valence-corrected chi connectivity index (χ1v) is 33.6. The van der Waals surface area contributed by atoms with Crippen molar-refractivity contribution in [2.45, 2.75) is 353 Å². The lowest BCUT2D eigenvalue weighted by Gasteiger charge is -2.40. The molecule has 0 aromatic carbocycles. The van der Waals surface area contributed by atoms with Crippen molar-refractivity contribution in [1.82, 2.24) is 0 Å². The Kier molecular flexibility index (Phi) is 53.4. The van der Waals surface area contributed by atoms with E-state index in [9.17, 15) is 34.5 Å². The number of esters is 3. The topological polar surface area (TPSA) is 175 Å². The number of carboxylic acids is 1.